The van der Waals surface area contributed by atoms with Gasteiger partial charge in [0.1, 0.15) is 5.66 Å². The molecule has 1 saturated heterocycles. The van der Waals surface area contributed by atoms with E-state index in [1.807, 2.05) is 17.2 Å². The Labute approximate surface area is 126 Å². The number of hydrogen-bond acceptors (Lipinski definition) is 5. The van der Waals surface area contributed by atoms with Crippen LogP contribution < -0.4 is 5.32 Å². The molecular formula is C16H25N3O2. The molecule has 21 heavy (non-hydrogen) atoms. The minimum absolute atomic E-state index is 0.112. The van der Waals surface area contributed by atoms with Crippen molar-refractivity contribution in [1.82, 2.24) is 10.0 Å². The first-order valence-electron chi connectivity index (χ1n) is 7.49. The average Bonchev–Trinajstić information content (AvgIpc) is 2.40. The summed E-state index contributed by atoms with van der Waals surface area (Å²) in [4.78, 5) is 21.2. The maximum Gasteiger partial charge on any atom is 0.322 e. The van der Waals surface area contributed by atoms with E-state index in [1.165, 1.54) is 6.92 Å². The molecule has 5 heteroatoms. The highest BCUT2D eigenvalue weighted by atomic mass is 16.7. The van der Waals surface area contributed by atoms with E-state index in [2.05, 4.69) is 31.1 Å². The number of nitrogens with zero attached hydrogens (tertiary/aromatic N) is 2. The van der Waals surface area contributed by atoms with Crippen LogP contribution in [0.4, 0.5) is 5.69 Å². The Hall–Kier alpha value is -1.62. The maximum atomic E-state index is 11.5. The summed E-state index contributed by atoms with van der Waals surface area (Å²) >= 11 is 0. The zero-order chi connectivity index (χ0) is 15.5. The maximum absolute atomic E-state index is 11.5. The lowest BCUT2D eigenvalue weighted by Crippen LogP contribution is -2.64. The van der Waals surface area contributed by atoms with E-state index in [4.69, 9.17) is 4.84 Å². The van der Waals surface area contributed by atoms with Gasteiger partial charge in [0.25, 0.3) is 0 Å². The first-order valence-corrected chi connectivity index (χ1v) is 7.49. The molecule has 0 saturated carbocycles. The zero-order valence-corrected chi connectivity index (χ0v) is 13.3. The van der Waals surface area contributed by atoms with Gasteiger partial charge in [0.05, 0.1) is 5.69 Å². The summed E-state index contributed by atoms with van der Waals surface area (Å²) in [7, 11) is 0. The van der Waals surface area contributed by atoms with Crippen molar-refractivity contribution < 1.29 is 9.63 Å². The minimum Gasteiger partial charge on any atom is -0.366 e. The van der Waals surface area contributed by atoms with Gasteiger partial charge in [0.2, 0.25) is 0 Å². The number of nitrogens with one attached hydrogen (secondary N) is 1. The van der Waals surface area contributed by atoms with Crippen LogP contribution in [0.1, 0.15) is 47.0 Å². The number of carbonyl (C=O) groups excluding carboxylic acids is 1. The van der Waals surface area contributed by atoms with Crippen LogP contribution in [0.25, 0.3) is 0 Å². The molecule has 1 aromatic heterocycles. The van der Waals surface area contributed by atoms with Crippen molar-refractivity contribution >= 4 is 11.7 Å². The molecule has 0 spiro atoms. The first-order chi connectivity index (χ1) is 9.85. The van der Waals surface area contributed by atoms with E-state index in [1.54, 1.807) is 12.4 Å². The lowest BCUT2D eigenvalue weighted by Gasteiger charge is -2.53. The predicted octanol–water partition coefficient (Wildman–Crippen LogP) is 3.20. The van der Waals surface area contributed by atoms with Crippen molar-refractivity contribution in [3.8, 4) is 0 Å². The highest BCUT2D eigenvalue weighted by Gasteiger charge is 2.50. The molecule has 0 radical (unpaired) electrons. The first kappa shape index (κ1) is 15.8. The molecule has 1 aromatic rings. The minimum atomic E-state index is -0.431. The fraction of sp³-hybridized carbons (Fsp3) is 0.625. The van der Waals surface area contributed by atoms with E-state index in [0.29, 0.717) is 0 Å². The van der Waals surface area contributed by atoms with Crippen molar-refractivity contribution in [1.29, 1.82) is 0 Å². The lowest BCUT2D eigenvalue weighted by molar-refractivity contribution is -0.242. The number of rotatable bonds is 3. The Morgan fingerprint density at radius 2 is 2.19 bits per heavy atom. The third-order valence-corrected chi connectivity index (χ3v) is 4.07. The monoisotopic (exact) mass is 291 g/mol. The molecule has 0 aromatic carbocycles. The van der Waals surface area contributed by atoms with Crippen LogP contribution >= 0.6 is 0 Å². The molecule has 1 unspecified atom stereocenters. The predicted molar refractivity (Wildman–Crippen MR) is 82.4 cm³/mol. The molecule has 0 aliphatic carbocycles. The number of anilines is 1. The summed E-state index contributed by atoms with van der Waals surface area (Å²) in [6, 6.07) is 3.89. The smallest absolute Gasteiger partial charge is 0.322 e. The van der Waals surface area contributed by atoms with Crippen LogP contribution in [-0.4, -0.2) is 28.2 Å². The van der Waals surface area contributed by atoms with Gasteiger partial charge in [-0.2, -0.15) is 0 Å². The molecular weight excluding hydrogens is 266 g/mol. The van der Waals surface area contributed by atoms with Gasteiger partial charge in [-0.15, -0.1) is 5.06 Å². The fourth-order valence-corrected chi connectivity index (χ4v) is 2.97. The van der Waals surface area contributed by atoms with Crippen molar-refractivity contribution in [2.75, 3.05) is 11.9 Å². The van der Waals surface area contributed by atoms with Gasteiger partial charge >= 0.3 is 5.97 Å². The van der Waals surface area contributed by atoms with Crippen LogP contribution in [0.15, 0.2) is 24.5 Å². The molecule has 0 amide bonds. The molecule has 1 aliphatic heterocycles. The number of hydrogen-bond donors (Lipinski definition) is 1. The second-order valence-electron chi connectivity index (χ2n) is 6.62. The summed E-state index contributed by atoms with van der Waals surface area (Å²) in [5.74, 6) is -0.279. The summed E-state index contributed by atoms with van der Waals surface area (Å²) < 4.78 is 0. The van der Waals surface area contributed by atoms with Gasteiger partial charge in [0.15, 0.2) is 0 Å². The number of piperidine rings is 1. The Bertz CT molecular complexity index is 484. The van der Waals surface area contributed by atoms with Crippen LogP contribution in [0, 0.1) is 5.41 Å². The van der Waals surface area contributed by atoms with Gasteiger partial charge in [-0.25, -0.2) is 0 Å². The van der Waals surface area contributed by atoms with Crippen LogP contribution in [-0.2, 0) is 9.63 Å². The second kappa shape index (κ2) is 6.02. The molecule has 0 bridgehead atoms. The van der Waals surface area contributed by atoms with Crippen LogP contribution in [0.5, 0.6) is 0 Å². The van der Waals surface area contributed by atoms with E-state index < -0.39 is 5.66 Å². The van der Waals surface area contributed by atoms with E-state index in [9.17, 15) is 4.79 Å². The van der Waals surface area contributed by atoms with Crippen molar-refractivity contribution in [2.24, 2.45) is 5.41 Å². The molecule has 5 nitrogen and oxygen atoms in total. The summed E-state index contributed by atoms with van der Waals surface area (Å²) in [6.45, 7) is 8.69. The molecule has 116 valence electrons. The molecule has 1 atom stereocenters. The number of pyridine rings is 1. The number of hydroxylamine groups is 2. The molecule has 2 heterocycles. The third kappa shape index (κ3) is 3.35. The summed E-state index contributed by atoms with van der Waals surface area (Å²) in [5, 5.41) is 5.40. The van der Waals surface area contributed by atoms with Gasteiger partial charge in [0, 0.05) is 31.3 Å². The van der Waals surface area contributed by atoms with Gasteiger partial charge in [-0.1, -0.05) is 20.8 Å². The Morgan fingerprint density at radius 1 is 1.43 bits per heavy atom. The van der Waals surface area contributed by atoms with E-state index in [-0.39, 0.29) is 11.4 Å². The Morgan fingerprint density at radius 3 is 2.76 bits per heavy atom. The number of aromatic nitrogens is 1. The quantitative estimate of drug-likeness (QED) is 0.927. The Kier molecular flexibility index (Phi) is 4.52. The second-order valence-corrected chi connectivity index (χ2v) is 6.62. The standard InChI is InChI=1S/C16H25N3O2/c1-13(20)21-19-11-6-5-9-16(19,15(2,3)4)18-14-8-7-10-17-12-14/h7-8,10,12,18H,5-6,9,11H2,1-4H3. The molecule has 1 N–H and O–H groups in total. The van der Waals surface area contributed by atoms with Gasteiger partial charge in [-0.3, -0.25) is 9.78 Å². The normalized spacial score (nSPS) is 23.6. The third-order valence-electron chi connectivity index (χ3n) is 4.07. The van der Waals surface area contributed by atoms with Crippen LogP contribution in [0.2, 0.25) is 0 Å². The van der Waals surface area contributed by atoms with Gasteiger partial charge < -0.3 is 10.2 Å². The van der Waals surface area contributed by atoms with Gasteiger partial charge in [-0.05, 0) is 31.4 Å². The van der Waals surface area contributed by atoms with Crippen LogP contribution in [0.3, 0.4) is 0 Å². The summed E-state index contributed by atoms with van der Waals surface area (Å²) in [6.07, 6.45) is 6.59. The fourth-order valence-electron chi connectivity index (χ4n) is 2.97. The van der Waals surface area contributed by atoms with E-state index >= 15 is 0 Å². The average molecular weight is 291 g/mol. The molecule has 2 rings (SSSR count). The summed E-state index contributed by atoms with van der Waals surface area (Å²) in [5.41, 5.74) is 0.394. The lowest BCUT2D eigenvalue weighted by atomic mass is 9.75. The highest BCUT2D eigenvalue weighted by molar-refractivity contribution is 5.65. The molecule has 1 fully saturated rings. The topological polar surface area (TPSA) is 54.5 Å². The SMILES string of the molecule is CC(=O)ON1CCCCC1(Nc1cccnc1)C(C)(C)C. The van der Waals surface area contributed by atoms with Crippen molar-refractivity contribution in [3.05, 3.63) is 24.5 Å². The van der Waals surface area contributed by atoms with Crippen molar-refractivity contribution in [2.45, 2.75) is 52.6 Å². The molecule has 1 aliphatic rings. The highest BCUT2D eigenvalue weighted by Crippen LogP contribution is 2.43. The largest absolute Gasteiger partial charge is 0.366 e. The Balaban J connectivity index is 2.36. The number of carbonyl (C=O) groups is 1. The van der Waals surface area contributed by atoms with Crippen molar-refractivity contribution in [3.63, 3.8) is 0 Å². The zero-order valence-electron chi connectivity index (χ0n) is 13.3. The van der Waals surface area contributed by atoms with E-state index in [0.717, 1.165) is 31.5 Å².